The Bertz CT molecular complexity index is 645. The van der Waals surface area contributed by atoms with Gasteiger partial charge in [0.05, 0.1) is 7.11 Å². The van der Waals surface area contributed by atoms with Gasteiger partial charge in [-0.3, -0.25) is 0 Å². The molecule has 25 heavy (non-hydrogen) atoms. The number of nitrogens with one attached hydrogen (secondary N) is 1. The number of para-hydroxylation sites is 1. The zero-order valence-electron chi connectivity index (χ0n) is 15.5. The van der Waals surface area contributed by atoms with Crippen molar-refractivity contribution in [2.24, 2.45) is 0 Å². The molecule has 1 N–H and O–H groups in total. The molecule has 0 spiro atoms. The maximum atomic E-state index is 5.53. The summed E-state index contributed by atoms with van der Waals surface area (Å²) >= 11 is 0. The third-order valence-corrected chi connectivity index (χ3v) is 5.29. The lowest BCUT2D eigenvalue weighted by Gasteiger charge is -2.32. The molecule has 0 unspecified atom stereocenters. The SMILES string of the molecule is CCc1ccc(NCCN2CCC(c3ccccc3OC)CC2)cc1. The quantitative estimate of drug-likeness (QED) is 0.801. The normalized spacial score (nSPS) is 15.9. The zero-order valence-corrected chi connectivity index (χ0v) is 15.5. The summed E-state index contributed by atoms with van der Waals surface area (Å²) in [4.78, 5) is 2.57. The molecule has 0 aromatic heterocycles. The lowest BCUT2D eigenvalue weighted by molar-refractivity contribution is 0.218. The number of benzene rings is 2. The van der Waals surface area contributed by atoms with Crippen LogP contribution in [0.2, 0.25) is 0 Å². The smallest absolute Gasteiger partial charge is 0.122 e. The summed E-state index contributed by atoms with van der Waals surface area (Å²) in [6.45, 7) is 6.63. The molecule has 0 bridgehead atoms. The summed E-state index contributed by atoms with van der Waals surface area (Å²) in [5.41, 5.74) is 3.99. The van der Waals surface area contributed by atoms with Crippen molar-refractivity contribution in [1.29, 1.82) is 0 Å². The van der Waals surface area contributed by atoms with Crippen LogP contribution in [0.4, 0.5) is 5.69 Å². The summed E-state index contributed by atoms with van der Waals surface area (Å²) in [5.74, 6) is 1.67. The van der Waals surface area contributed by atoms with Crippen molar-refractivity contribution >= 4 is 5.69 Å². The molecule has 3 rings (SSSR count). The third kappa shape index (κ3) is 4.76. The van der Waals surface area contributed by atoms with Crippen LogP contribution in [0.3, 0.4) is 0 Å². The number of aryl methyl sites for hydroxylation is 1. The fourth-order valence-electron chi connectivity index (χ4n) is 3.69. The van der Waals surface area contributed by atoms with E-state index < -0.39 is 0 Å². The minimum Gasteiger partial charge on any atom is -0.496 e. The van der Waals surface area contributed by atoms with E-state index in [0.29, 0.717) is 5.92 Å². The van der Waals surface area contributed by atoms with Crippen molar-refractivity contribution in [2.45, 2.75) is 32.1 Å². The van der Waals surface area contributed by atoms with Crippen LogP contribution in [0.1, 0.15) is 36.8 Å². The van der Waals surface area contributed by atoms with E-state index in [2.05, 4.69) is 65.7 Å². The first-order chi connectivity index (χ1) is 12.3. The number of anilines is 1. The Hall–Kier alpha value is -2.00. The van der Waals surface area contributed by atoms with Gasteiger partial charge in [0.25, 0.3) is 0 Å². The number of methoxy groups -OCH3 is 1. The standard InChI is InChI=1S/C22H30N2O/c1-3-18-8-10-20(11-9-18)23-14-17-24-15-12-19(13-16-24)21-6-4-5-7-22(21)25-2/h4-11,19,23H,3,12-17H2,1-2H3. The van der Waals surface area contributed by atoms with Crippen LogP contribution in [-0.2, 0) is 6.42 Å². The number of hydrogen-bond acceptors (Lipinski definition) is 3. The van der Waals surface area contributed by atoms with Gasteiger partial charge in [-0.1, -0.05) is 37.3 Å². The van der Waals surface area contributed by atoms with Crippen LogP contribution in [0.15, 0.2) is 48.5 Å². The molecule has 3 nitrogen and oxygen atoms in total. The number of ether oxygens (including phenoxy) is 1. The van der Waals surface area contributed by atoms with Crippen LogP contribution in [-0.4, -0.2) is 38.2 Å². The summed E-state index contributed by atoms with van der Waals surface area (Å²) < 4.78 is 5.53. The molecule has 0 amide bonds. The number of hydrogen-bond donors (Lipinski definition) is 1. The molecule has 0 radical (unpaired) electrons. The van der Waals surface area contributed by atoms with Crippen LogP contribution < -0.4 is 10.1 Å². The Morgan fingerprint density at radius 1 is 1.04 bits per heavy atom. The molecule has 3 heteroatoms. The van der Waals surface area contributed by atoms with E-state index >= 15 is 0 Å². The first kappa shape index (κ1) is 17.8. The van der Waals surface area contributed by atoms with Gasteiger partial charge in [0.15, 0.2) is 0 Å². The lowest BCUT2D eigenvalue weighted by Crippen LogP contribution is -2.36. The molecule has 1 saturated heterocycles. The molecule has 1 aliphatic heterocycles. The highest BCUT2D eigenvalue weighted by Crippen LogP contribution is 2.33. The first-order valence-electron chi connectivity index (χ1n) is 9.48. The summed E-state index contributed by atoms with van der Waals surface area (Å²) in [6, 6.07) is 17.3. The minimum absolute atomic E-state index is 0.627. The lowest BCUT2D eigenvalue weighted by atomic mass is 9.89. The average molecular weight is 338 g/mol. The predicted octanol–water partition coefficient (Wildman–Crippen LogP) is 4.55. The monoisotopic (exact) mass is 338 g/mol. The van der Waals surface area contributed by atoms with Crippen LogP contribution in [0.5, 0.6) is 5.75 Å². The number of nitrogens with zero attached hydrogens (tertiary/aromatic N) is 1. The number of piperidine rings is 1. The largest absolute Gasteiger partial charge is 0.496 e. The molecule has 0 aliphatic carbocycles. The van der Waals surface area contributed by atoms with E-state index in [4.69, 9.17) is 4.74 Å². The molecule has 2 aromatic carbocycles. The second-order valence-corrected chi connectivity index (χ2v) is 6.84. The van der Waals surface area contributed by atoms with Crippen molar-refractivity contribution in [3.05, 3.63) is 59.7 Å². The van der Waals surface area contributed by atoms with E-state index in [1.807, 2.05) is 0 Å². The predicted molar refractivity (Wildman–Crippen MR) is 106 cm³/mol. The van der Waals surface area contributed by atoms with Gasteiger partial charge in [-0.15, -0.1) is 0 Å². The maximum absolute atomic E-state index is 5.53. The van der Waals surface area contributed by atoms with Crippen molar-refractivity contribution in [3.63, 3.8) is 0 Å². The molecule has 0 saturated carbocycles. The molecule has 134 valence electrons. The van der Waals surface area contributed by atoms with E-state index in [9.17, 15) is 0 Å². The fourth-order valence-corrected chi connectivity index (χ4v) is 3.69. The molecule has 1 fully saturated rings. The van der Waals surface area contributed by atoms with Gasteiger partial charge in [-0.05, 0) is 67.6 Å². The second-order valence-electron chi connectivity index (χ2n) is 6.84. The molecule has 2 aromatic rings. The third-order valence-electron chi connectivity index (χ3n) is 5.29. The maximum Gasteiger partial charge on any atom is 0.122 e. The highest BCUT2D eigenvalue weighted by atomic mass is 16.5. The van der Waals surface area contributed by atoms with Crippen LogP contribution in [0.25, 0.3) is 0 Å². The fraction of sp³-hybridized carbons (Fsp3) is 0.455. The Morgan fingerprint density at radius 3 is 2.44 bits per heavy atom. The molecular weight excluding hydrogens is 308 g/mol. The molecule has 1 heterocycles. The first-order valence-corrected chi connectivity index (χ1v) is 9.48. The second kappa shape index (κ2) is 8.91. The van der Waals surface area contributed by atoms with Gasteiger partial charge in [0.2, 0.25) is 0 Å². The number of likely N-dealkylation sites (tertiary alicyclic amines) is 1. The molecular formula is C22H30N2O. The van der Waals surface area contributed by atoms with E-state index in [1.165, 1.54) is 42.7 Å². The van der Waals surface area contributed by atoms with Crippen LogP contribution in [0, 0.1) is 0 Å². The highest BCUT2D eigenvalue weighted by Gasteiger charge is 2.22. The molecule has 0 atom stereocenters. The summed E-state index contributed by atoms with van der Waals surface area (Å²) in [6.07, 6.45) is 3.53. The Balaban J connectivity index is 1.43. The molecule has 1 aliphatic rings. The van der Waals surface area contributed by atoms with E-state index in [1.54, 1.807) is 7.11 Å². The van der Waals surface area contributed by atoms with Crippen molar-refractivity contribution in [1.82, 2.24) is 4.90 Å². The van der Waals surface area contributed by atoms with Gasteiger partial charge >= 0.3 is 0 Å². The van der Waals surface area contributed by atoms with Crippen molar-refractivity contribution in [2.75, 3.05) is 38.6 Å². The van der Waals surface area contributed by atoms with Gasteiger partial charge in [-0.25, -0.2) is 0 Å². The van der Waals surface area contributed by atoms with E-state index in [-0.39, 0.29) is 0 Å². The Labute approximate surface area is 152 Å². The van der Waals surface area contributed by atoms with Crippen molar-refractivity contribution < 1.29 is 4.74 Å². The number of rotatable bonds is 7. The average Bonchev–Trinajstić information content (AvgIpc) is 2.69. The highest BCUT2D eigenvalue weighted by molar-refractivity contribution is 5.44. The van der Waals surface area contributed by atoms with Crippen molar-refractivity contribution in [3.8, 4) is 5.75 Å². The van der Waals surface area contributed by atoms with Gasteiger partial charge in [0.1, 0.15) is 5.75 Å². The van der Waals surface area contributed by atoms with Crippen LogP contribution >= 0.6 is 0 Å². The summed E-state index contributed by atoms with van der Waals surface area (Å²) in [7, 11) is 1.77. The summed E-state index contributed by atoms with van der Waals surface area (Å²) in [5, 5.41) is 3.54. The topological polar surface area (TPSA) is 24.5 Å². The Morgan fingerprint density at radius 2 is 1.76 bits per heavy atom. The Kier molecular flexibility index (Phi) is 6.35. The van der Waals surface area contributed by atoms with Gasteiger partial charge in [0, 0.05) is 18.8 Å². The minimum atomic E-state index is 0.627. The van der Waals surface area contributed by atoms with E-state index in [0.717, 1.165) is 25.3 Å². The van der Waals surface area contributed by atoms with Gasteiger partial charge in [-0.2, -0.15) is 0 Å². The van der Waals surface area contributed by atoms with Gasteiger partial charge < -0.3 is 15.0 Å². The zero-order chi connectivity index (χ0) is 17.5.